The maximum absolute atomic E-state index is 12.9. The van der Waals surface area contributed by atoms with E-state index in [2.05, 4.69) is 170 Å². The molecule has 2 nitrogen and oxygen atoms in total. The van der Waals surface area contributed by atoms with Crippen LogP contribution in [0.4, 0.5) is 0 Å². The number of ether oxygens (including phenoxy) is 1. The van der Waals surface area contributed by atoms with Gasteiger partial charge in [0.1, 0.15) is 0 Å². The first-order valence-corrected chi connectivity index (χ1v) is 16.3. The lowest BCUT2D eigenvalue weighted by Crippen LogP contribution is -2.43. The summed E-state index contributed by atoms with van der Waals surface area (Å²) in [4.78, 5) is 0. The Kier molecular flexibility index (Phi) is 10.0. The summed E-state index contributed by atoms with van der Waals surface area (Å²) < 4.78 is 6.32. The van der Waals surface area contributed by atoms with Gasteiger partial charge < -0.3 is 9.84 Å². The van der Waals surface area contributed by atoms with Crippen LogP contribution in [0.15, 0.2) is 146 Å². The molecule has 2 aliphatic rings. The molecule has 0 aromatic heterocycles. The van der Waals surface area contributed by atoms with Crippen molar-refractivity contribution in [1.82, 2.24) is 0 Å². The molecule has 1 aliphatic heterocycles. The fourth-order valence-corrected chi connectivity index (χ4v) is 7.80. The Morgan fingerprint density at radius 2 is 0.733 bits per heavy atom. The largest absolute Gasteiger partial charge is 0.392 e. The summed E-state index contributed by atoms with van der Waals surface area (Å²) in [6, 6.07) is 41.9. The summed E-state index contributed by atoms with van der Waals surface area (Å²) >= 11 is 0. The highest BCUT2D eigenvalue weighted by Crippen LogP contribution is 2.65. The number of aliphatic hydroxyl groups excluding tert-OH is 1. The van der Waals surface area contributed by atoms with Gasteiger partial charge in [-0.15, -0.1) is 0 Å². The predicted octanol–water partition coefficient (Wildman–Crippen LogP) is 10.0. The van der Waals surface area contributed by atoms with Gasteiger partial charge in [-0.2, -0.15) is 0 Å². The number of allylic oxidation sites excluding steroid dienone is 4. The molecule has 228 valence electrons. The molecule has 2 atom stereocenters. The van der Waals surface area contributed by atoms with E-state index in [1.807, 2.05) is 0 Å². The number of aliphatic hydroxyl groups is 1. The lowest BCUT2D eigenvalue weighted by molar-refractivity contribution is -0.0543. The van der Waals surface area contributed by atoms with Gasteiger partial charge in [0.2, 0.25) is 0 Å². The number of hydrogen-bond acceptors (Lipinski definition) is 2. The van der Waals surface area contributed by atoms with Gasteiger partial charge in [0.15, 0.2) is 0 Å². The van der Waals surface area contributed by atoms with E-state index in [4.69, 9.17) is 4.74 Å². The van der Waals surface area contributed by atoms with E-state index < -0.39 is 6.10 Å². The van der Waals surface area contributed by atoms with Gasteiger partial charge in [-0.3, -0.25) is 0 Å². The summed E-state index contributed by atoms with van der Waals surface area (Å²) in [6.07, 6.45) is 20.7. The molecule has 6 rings (SSSR count). The molecule has 1 saturated heterocycles. The minimum atomic E-state index is -0.509. The van der Waals surface area contributed by atoms with Gasteiger partial charge in [-0.25, -0.2) is 0 Å². The molecule has 1 heterocycles. The summed E-state index contributed by atoms with van der Waals surface area (Å²) in [5.74, 6) is 0.507. The molecule has 4 aromatic rings. The van der Waals surface area contributed by atoms with Crippen molar-refractivity contribution >= 4 is 24.3 Å². The Bertz CT molecular complexity index is 1360. The van der Waals surface area contributed by atoms with E-state index in [1.165, 1.54) is 22.3 Å². The van der Waals surface area contributed by atoms with Crippen LogP contribution in [0.3, 0.4) is 0 Å². The second-order valence-electron chi connectivity index (χ2n) is 12.7. The molecular weight excluding hydrogens is 548 g/mol. The van der Waals surface area contributed by atoms with Crippen molar-refractivity contribution in [1.29, 1.82) is 0 Å². The van der Waals surface area contributed by atoms with Crippen LogP contribution in [0.2, 0.25) is 0 Å². The molecule has 4 aromatic carbocycles. The van der Waals surface area contributed by atoms with Crippen molar-refractivity contribution in [2.45, 2.75) is 31.8 Å². The van der Waals surface area contributed by atoms with Crippen LogP contribution >= 0.6 is 0 Å². The Labute approximate surface area is 269 Å². The van der Waals surface area contributed by atoms with Crippen LogP contribution < -0.4 is 0 Å². The minimum Gasteiger partial charge on any atom is -0.392 e. The zero-order valence-corrected chi connectivity index (χ0v) is 26.0. The van der Waals surface area contributed by atoms with Gasteiger partial charge in [-0.1, -0.05) is 170 Å². The lowest BCUT2D eigenvalue weighted by Gasteiger charge is -2.41. The fraction of sp³-hybridized carbons (Fsp3) is 0.256. The van der Waals surface area contributed by atoms with E-state index in [1.54, 1.807) is 0 Å². The Balaban J connectivity index is 1.37. The first-order chi connectivity index (χ1) is 22.2. The molecule has 2 fully saturated rings. The smallest absolute Gasteiger partial charge is 0.0671 e. The first-order valence-electron chi connectivity index (χ1n) is 16.3. The molecule has 0 radical (unpaired) electrons. The highest BCUT2D eigenvalue weighted by Gasteiger charge is 2.66. The molecule has 2 heteroatoms. The average molecular weight is 593 g/mol. The number of hydrogen-bond donors (Lipinski definition) is 1. The second-order valence-corrected chi connectivity index (χ2v) is 12.7. The maximum atomic E-state index is 12.9. The second kappa shape index (κ2) is 14.7. The third kappa shape index (κ3) is 7.04. The van der Waals surface area contributed by atoms with Crippen LogP contribution in [0.5, 0.6) is 0 Å². The van der Waals surface area contributed by atoms with E-state index in [0.29, 0.717) is 13.2 Å². The number of fused-ring (bicyclic) bond motifs is 1. The predicted molar refractivity (Wildman–Crippen MR) is 189 cm³/mol. The summed E-state index contributed by atoms with van der Waals surface area (Å²) in [7, 11) is 0. The van der Waals surface area contributed by atoms with Gasteiger partial charge >= 0.3 is 0 Å². The SMILES string of the molecule is OC1C(C/C=C/c2ccccc2)(C/C=C/c2ccccc2)[C@@H]2COC[C@H]2C1(C/C=C/c1ccccc1)C/C=C/c1ccccc1. The Morgan fingerprint density at radius 1 is 0.467 bits per heavy atom. The molecular formula is C43H44O2. The van der Waals surface area contributed by atoms with E-state index in [-0.39, 0.29) is 22.7 Å². The average Bonchev–Trinajstić information content (AvgIpc) is 3.65. The van der Waals surface area contributed by atoms with Gasteiger partial charge in [-0.05, 0) is 59.8 Å². The minimum absolute atomic E-state index is 0.253. The van der Waals surface area contributed by atoms with Crippen molar-refractivity contribution in [3.63, 3.8) is 0 Å². The highest BCUT2D eigenvalue weighted by molar-refractivity contribution is 5.52. The van der Waals surface area contributed by atoms with Crippen molar-refractivity contribution in [3.8, 4) is 0 Å². The summed E-state index contributed by atoms with van der Waals surface area (Å²) in [5, 5.41) is 12.9. The molecule has 0 amide bonds. The van der Waals surface area contributed by atoms with E-state index >= 15 is 0 Å². The van der Waals surface area contributed by atoms with E-state index in [0.717, 1.165) is 25.7 Å². The quantitative estimate of drug-likeness (QED) is 0.177. The molecule has 0 unspecified atom stereocenters. The van der Waals surface area contributed by atoms with Crippen LogP contribution in [0.25, 0.3) is 24.3 Å². The summed E-state index contributed by atoms with van der Waals surface area (Å²) in [5.41, 5.74) is 4.03. The third-order valence-electron chi connectivity index (χ3n) is 10.1. The zero-order valence-electron chi connectivity index (χ0n) is 26.0. The van der Waals surface area contributed by atoms with Crippen LogP contribution in [-0.4, -0.2) is 24.4 Å². The topological polar surface area (TPSA) is 29.5 Å². The van der Waals surface area contributed by atoms with Gasteiger partial charge in [0.25, 0.3) is 0 Å². The fourth-order valence-electron chi connectivity index (χ4n) is 7.80. The van der Waals surface area contributed by atoms with Gasteiger partial charge in [0.05, 0.1) is 19.3 Å². The molecule has 0 bridgehead atoms. The molecule has 1 saturated carbocycles. The van der Waals surface area contributed by atoms with Crippen molar-refractivity contribution < 1.29 is 9.84 Å². The Morgan fingerprint density at radius 3 is 1.00 bits per heavy atom. The standard InChI is InChI=1S/C43H44O2/c44-41-42(29-13-25-35-17-5-1-6-18-35,30-14-26-36-19-7-2-8-20-36)39-33-45-34-40(39)43(41,31-15-27-37-21-9-3-10-22-37)32-16-28-38-23-11-4-12-24-38/h1-28,39-41,44H,29-34H2/b25-13+,26-14+,27-15+,28-16+/t39-,40-/m1/s1. The number of benzene rings is 4. The van der Waals surface area contributed by atoms with Crippen LogP contribution in [0.1, 0.15) is 47.9 Å². The molecule has 1 aliphatic carbocycles. The normalized spacial score (nSPS) is 21.0. The van der Waals surface area contributed by atoms with Gasteiger partial charge in [0, 0.05) is 10.8 Å². The monoisotopic (exact) mass is 592 g/mol. The molecule has 45 heavy (non-hydrogen) atoms. The highest BCUT2D eigenvalue weighted by atomic mass is 16.5. The molecule has 1 N–H and O–H groups in total. The summed E-state index contributed by atoms with van der Waals surface area (Å²) in [6.45, 7) is 1.37. The first kappa shape index (κ1) is 30.8. The third-order valence-corrected chi connectivity index (χ3v) is 10.1. The molecule has 0 spiro atoms. The van der Waals surface area contributed by atoms with Crippen LogP contribution in [0, 0.1) is 22.7 Å². The van der Waals surface area contributed by atoms with Crippen molar-refractivity contribution in [3.05, 3.63) is 168 Å². The maximum Gasteiger partial charge on any atom is 0.0671 e. The Hall–Kier alpha value is -4.24. The zero-order chi connectivity index (χ0) is 30.8. The van der Waals surface area contributed by atoms with Crippen molar-refractivity contribution in [2.75, 3.05) is 13.2 Å². The van der Waals surface area contributed by atoms with E-state index in [9.17, 15) is 5.11 Å². The number of rotatable bonds is 12. The van der Waals surface area contributed by atoms with Crippen molar-refractivity contribution in [2.24, 2.45) is 22.7 Å². The lowest BCUT2D eigenvalue weighted by atomic mass is 9.67. The van der Waals surface area contributed by atoms with Crippen LogP contribution in [-0.2, 0) is 4.74 Å².